The van der Waals surface area contributed by atoms with Gasteiger partial charge in [-0.2, -0.15) is 0 Å². The molecule has 1 aliphatic rings. The van der Waals surface area contributed by atoms with Crippen LogP contribution in [-0.4, -0.2) is 15.8 Å². The summed E-state index contributed by atoms with van der Waals surface area (Å²) in [7, 11) is 0. The molecule has 5 nitrogen and oxygen atoms in total. The van der Waals surface area contributed by atoms with Gasteiger partial charge < -0.3 is 10.6 Å². The van der Waals surface area contributed by atoms with Crippen molar-refractivity contribution in [1.82, 2.24) is 9.97 Å². The third-order valence-electron chi connectivity index (χ3n) is 5.17. The number of hydrogen-bond donors (Lipinski definition) is 2. The van der Waals surface area contributed by atoms with Crippen LogP contribution in [0.2, 0.25) is 0 Å². The van der Waals surface area contributed by atoms with Crippen molar-refractivity contribution in [3.05, 3.63) is 72.1 Å². The predicted octanol–water partition coefficient (Wildman–Crippen LogP) is 5.86. The second-order valence-electron chi connectivity index (χ2n) is 7.65. The van der Waals surface area contributed by atoms with Crippen LogP contribution in [-0.2, 0) is 6.42 Å². The molecule has 4 rings (SSSR count). The molecule has 3 aromatic rings. The molecule has 154 valence electrons. The van der Waals surface area contributed by atoms with Gasteiger partial charge in [0.15, 0.2) is 0 Å². The fourth-order valence-electron chi connectivity index (χ4n) is 3.53. The lowest BCUT2D eigenvalue weighted by Gasteiger charge is -2.21. The van der Waals surface area contributed by atoms with E-state index in [0.29, 0.717) is 23.2 Å². The van der Waals surface area contributed by atoms with Gasteiger partial charge in [0.2, 0.25) is 5.95 Å². The maximum absolute atomic E-state index is 14.2. The second-order valence-corrected chi connectivity index (χ2v) is 7.65. The van der Waals surface area contributed by atoms with Crippen molar-refractivity contribution < 1.29 is 8.78 Å². The Morgan fingerprint density at radius 3 is 2.60 bits per heavy atom. The maximum atomic E-state index is 14.2. The summed E-state index contributed by atoms with van der Waals surface area (Å²) in [5.74, 6) is 0.965. The number of nitrogens with one attached hydrogen (secondary N) is 2. The van der Waals surface area contributed by atoms with Gasteiger partial charge in [0.1, 0.15) is 23.2 Å². The van der Waals surface area contributed by atoms with Gasteiger partial charge in [0, 0.05) is 11.6 Å². The monoisotopic (exact) mass is 407 g/mol. The number of fused-ring (bicyclic) bond motifs is 1. The molecule has 7 heteroatoms. The molecule has 1 aliphatic heterocycles. The van der Waals surface area contributed by atoms with E-state index in [9.17, 15) is 8.78 Å². The van der Waals surface area contributed by atoms with E-state index in [1.165, 1.54) is 18.2 Å². The molecule has 0 amide bonds. The molecule has 1 atom stereocenters. The highest BCUT2D eigenvalue weighted by molar-refractivity contribution is 5.99. The molecule has 0 saturated heterocycles. The topological polar surface area (TPSA) is 62.2 Å². The highest BCUT2D eigenvalue weighted by Gasteiger charge is 2.26. The number of aryl methyl sites for hydroxylation is 1. The van der Waals surface area contributed by atoms with E-state index in [0.717, 1.165) is 30.1 Å². The number of nitrogens with zero attached hydrogens (tertiary/aromatic N) is 3. The fraction of sp³-hybridized carbons (Fsp3) is 0.261. The smallest absolute Gasteiger partial charge is 0.227 e. The Kier molecular flexibility index (Phi) is 5.70. The molecule has 0 fully saturated rings. The predicted molar refractivity (Wildman–Crippen MR) is 115 cm³/mol. The van der Waals surface area contributed by atoms with Crippen LogP contribution in [0.15, 0.2) is 59.7 Å². The van der Waals surface area contributed by atoms with Crippen LogP contribution >= 0.6 is 0 Å². The molecule has 1 aromatic heterocycles. The Hall–Kier alpha value is -3.35. The van der Waals surface area contributed by atoms with Gasteiger partial charge in [0.05, 0.1) is 17.6 Å². The summed E-state index contributed by atoms with van der Waals surface area (Å²) in [6.07, 6.45) is 3.27. The highest BCUT2D eigenvalue weighted by atomic mass is 19.1. The number of anilines is 3. The maximum Gasteiger partial charge on any atom is 0.227 e. The van der Waals surface area contributed by atoms with Crippen molar-refractivity contribution in [1.29, 1.82) is 0 Å². The van der Waals surface area contributed by atoms with Crippen LogP contribution in [0.1, 0.15) is 26.0 Å². The van der Waals surface area contributed by atoms with E-state index in [1.54, 1.807) is 36.5 Å². The summed E-state index contributed by atoms with van der Waals surface area (Å²) in [4.78, 5) is 13.6. The Labute approximate surface area is 174 Å². The van der Waals surface area contributed by atoms with Crippen LogP contribution in [0.4, 0.5) is 31.8 Å². The van der Waals surface area contributed by atoms with E-state index >= 15 is 0 Å². The minimum Gasteiger partial charge on any atom is -0.341 e. The largest absolute Gasteiger partial charge is 0.341 e. The SMILES string of the molecule is CC(C)C1CCc2nc(Nc3ccc(F)cc3)ncc2NC1=Nc1ccccc1F. The molecular formula is C23H23F2N5. The van der Waals surface area contributed by atoms with E-state index in [1.807, 2.05) is 0 Å². The summed E-state index contributed by atoms with van der Waals surface area (Å²) in [6, 6.07) is 12.5. The minimum absolute atomic E-state index is 0.132. The van der Waals surface area contributed by atoms with Gasteiger partial charge in [-0.05, 0) is 55.2 Å². The number of benzene rings is 2. The van der Waals surface area contributed by atoms with E-state index in [2.05, 4.69) is 39.4 Å². The van der Waals surface area contributed by atoms with Crippen molar-refractivity contribution in [3.63, 3.8) is 0 Å². The van der Waals surface area contributed by atoms with Gasteiger partial charge >= 0.3 is 0 Å². The Morgan fingerprint density at radius 1 is 1.10 bits per heavy atom. The Balaban J connectivity index is 1.64. The average Bonchev–Trinajstić information content (AvgIpc) is 2.90. The number of rotatable bonds is 4. The number of aliphatic imine (C=N–C) groups is 1. The minimum atomic E-state index is -0.353. The first-order valence-corrected chi connectivity index (χ1v) is 9.98. The summed E-state index contributed by atoms with van der Waals surface area (Å²) < 4.78 is 27.3. The standard InChI is InChI=1S/C23H23F2N5/c1-14(2)17-11-12-20-21(29-22(17)28-19-6-4-3-5-18(19)25)13-26-23(30-20)27-16-9-7-15(24)8-10-16/h3-10,13-14,17H,11-12H2,1-2H3,(H,28,29)(H,26,27,30). The van der Waals surface area contributed by atoms with Crippen molar-refractivity contribution in [2.75, 3.05) is 10.6 Å². The molecule has 2 aromatic carbocycles. The summed E-state index contributed by atoms with van der Waals surface area (Å²) in [5.41, 5.74) is 2.64. The van der Waals surface area contributed by atoms with Crippen molar-refractivity contribution >= 4 is 28.8 Å². The third kappa shape index (κ3) is 4.45. The van der Waals surface area contributed by atoms with Gasteiger partial charge in [0.25, 0.3) is 0 Å². The van der Waals surface area contributed by atoms with E-state index in [4.69, 9.17) is 0 Å². The zero-order valence-corrected chi connectivity index (χ0v) is 16.9. The average molecular weight is 407 g/mol. The lowest BCUT2D eigenvalue weighted by atomic mass is 9.90. The van der Waals surface area contributed by atoms with E-state index in [-0.39, 0.29) is 17.6 Å². The number of hydrogen-bond acceptors (Lipinski definition) is 4. The molecule has 0 radical (unpaired) electrons. The number of para-hydroxylation sites is 1. The van der Waals surface area contributed by atoms with Gasteiger partial charge in [-0.1, -0.05) is 26.0 Å². The van der Waals surface area contributed by atoms with Crippen LogP contribution in [0, 0.1) is 23.5 Å². The first-order chi connectivity index (χ1) is 14.5. The Bertz CT molecular complexity index is 1060. The molecule has 1 unspecified atom stereocenters. The lowest BCUT2D eigenvalue weighted by molar-refractivity contribution is 0.464. The highest BCUT2D eigenvalue weighted by Crippen LogP contribution is 2.30. The third-order valence-corrected chi connectivity index (χ3v) is 5.17. The summed E-state index contributed by atoms with van der Waals surface area (Å²) in [5, 5.41) is 6.44. The second kappa shape index (κ2) is 8.57. The molecule has 30 heavy (non-hydrogen) atoms. The summed E-state index contributed by atoms with van der Waals surface area (Å²) >= 11 is 0. The van der Waals surface area contributed by atoms with Gasteiger partial charge in [-0.25, -0.2) is 23.7 Å². The first kappa shape index (κ1) is 19.9. The molecule has 0 aliphatic carbocycles. The molecule has 2 N–H and O–H groups in total. The van der Waals surface area contributed by atoms with Gasteiger partial charge in [-0.15, -0.1) is 0 Å². The number of aromatic nitrogens is 2. The van der Waals surface area contributed by atoms with Crippen LogP contribution in [0.5, 0.6) is 0 Å². The van der Waals surface area contributed by atoms with Crippen molar-refractivity contribution in [2.24, 2.45) is 16.8 Å². The first-order valence-electron chi connectivity index (χ1n) is 9.98. The molecule has 2 heterocycles. The number of halogens is 2. The normalized spacial score (nSPS) is 17.4. The van der Waals surface area contributed by atoms with Crippen LogP contribution < -0.4 is 10.6 Å². The van der Waals surface area contributed by atoms with Crippen LogP contribution in [0.25, 0.3) is 0 Å². The van der Waals surface area contributed by atoms with Crippen molar-refractivity contribution in [3.8, 4) is 0 Å². The van der Waals surface area contributed by atoms with Crippen LogP contribution in [0.3, 0.4) is 0 Å². The van der Waals surface area contributed by atoms with E-state index < -0.39 is 0 Å². The quantitative estimate of drug-likeness (QED) is 0.569. The molecular weight excluding hydrogens is 384 g/mol. The number of amidine groups is 1. The summed E-state index contributed by atoms with van der Waals surface area (Å²) in [6.45, 7) is 4.26. The zero-order chi connectivity index (χ0) is 21.1. The molecule has 0 bridgehead atoms. The van der Waals surface area contributed by atoms with Gasteiger partial charge in [-0.3, -0.25) is 0 Å². The zero-order valence-electron chi connectivity index (χ0n) is 16.9. The molecule has 0 spiro atoms. The fourth-order valence-corrected chi connectivity index (χ4v) is 3.53. The lowest BCUT2D eigenvalue weighted by Crippen LogP contribution is -2.26. The molecule has 0 saturated carbocycles. The Morgan fingerprint density at radius 2 is 1.87 bits per heavy atom. The van der Waals surface area contributed by atoms with Crippen molar-refractivity contribution in [2.45, 2.75) is 26.7 Å².